The molecular formula is C15H21F3N4O2. The lowest BCUT2D eigenvalue weighted by Crippen LogP contribution is -2.67. The summed E-state index contributed by atoms with van der Waals surface area (Å²) < 4.78 is 44.1. The predicted octanol–water partition coefficient (Wildman–Crippen LogP) is 2.06. The Morgan fingerprint density at radius 3 is 2.96 bits per heavy atom. The summed E-state index contributed by atoms with van der Waals surface area (Å²) in [7, 11) is 0. The Morgan fingerprint density at radius 1 is 1.50 bits per heavy atom. The molecule has 1 aromatic rings. The Bertz CT molecular complexity index is 614. The number of urea groups is 1. The minimum absolute atomic E-state index is 0.0000740. The van der Waals surface area contributed by atoms with Gasteiger partial charge in [-0.2, -0.15) is 13.2 Å². The number of carbonyl (C=O) groups excluding carboxylic acids is 1. The number of fused-ring (bicyclic) bond motifs is 1. The molecule has 0 spiro atoms. The van der Waals surface area contributed by atoms with E-state index in [1.54, 1.807) is 0 Å². The predicted molar refractivity (Wildman–Crippen MR) is 79.1 cm³/mol. The highest BCUT2D eigenvalue weighted by Crippen LogP contribution is 2.52. The second-order valence-corrected chi connectivity index (χ2v) is 6.96. The molecule has 2 heterocycles. The Kier molecular flexibility index (Phi) is 4.23. The summed E-state index contributed by atoms with van der Waals surface area (Å²) in [6.07, 6.45) is -0.720. The van der Waals surface area contributed by atoms with Gasteiger partial charge in [-0.1, -0.05) is 13.8 Å². The summed E-state index contributed by atoms with van der Waals surface area (Å²) in [5.41, 5.74) is -0.146. The van der Waals surface area contributed by atoms with E-state index in [2.05, 4.69) is 15.6 Å². The average Bonchev–Trinajstić information content (AvgIpc) is 3.09. The number of nitrogens with zero attached hydrogens (tertiary/aromatic N) is 2. The molecule has 2 amide bonds. The van der Waals surface area contributed by atoms with Crippen molar-refractivity contribution in [3.05, 3.63) is 18.2 Å². The summed E-state index contributed by atoms with van der Waals surface area (Å²) >= 11 is 0. The molecule has 1 aliphatic carbocycles. The van der Waals surface area contributed by atoms with Gasteiger partial charge >= 0.3 is 12.2 Å². The highest BCUT2D eigenvalue weighted by Gasteiger charge is 2.59. The molecule has 1 saturated carbocycles. The number of halogens is 3. The number of hydrogen-bond acceptors (Lipinski definition) is 3. The third-order valence-corrected chi connectivity index (χ3v) is 4.95. The van der Waals surface area contributed by atoms with Crippen LogP contribution in [0.4, 0.5) is 18.0 Å². The largest absolute Gasteiger partial charge is 0.406 e. The van der Waals surface area contributed by atoms with Crippen molar-refractivity contribution in [3.8, 4) is 0 Å². The molecule has 24 heavy (non-hydrogen) atoms. The van der Waals surface area contributed by atoms with E-state index in [0.29, 0.717) is 12.5 Å². The van der Waals surface area contributed by atoms with E-state index >= 15 is 0 Å². The number of alkyl halides is 3. The molecule has 3 rings (SSSR count). The first-order valence-corrected chi connectivity index (χ1v) is 7.91. The molecule has 6 nitrogen and oxygen atoms in total. The number of carbonyl (C=O) groups is 1. The van der Waals surface area contributed by atoms with Crippen LogP contribution in [0.5, 0.6) is 0 Å². The zero-order valence-electron chi connectivity index (χ0n) is 13.6. The van der Waals surface area contributed by atoms with Gasteiger partial charge in [0, 0.05) is 36.4 Å². The molecule has 9 heteroatoms. The van der Waals surface area contributed by atoms with Gasteiger partial charge in [-0.3, -0.25) is 0 Å². The third kappa shape index (κ3) is 3.22. The lowest BCUT2D eigenvalue weighted by atomic mass is 9.57. The van der Waals surface area contributed by atoms with Crippen LogP contribution in [-0.2, 0) is 17.8 Å². The molecule has 134 valence electrons. The van der Waals surface area contributed by atoms with E-state index in [1.165, 1.54) is 12.4 Å². The van der Waals surface area contributed by atoms with Crippen LogP contribution in [0.1, 0.15) is 26.1 Å². The number of imidazole rings is 1. The van der Waals surface area contributed by atoms with Crippen molar-refractivity contribution in [2.75, 3.05) is 6.61 Å². The fraction of sp³-hybridized carbons (Fsp3) is 0.733. The number of nitrogens with one attached hydrogen (secondary N) is 2. The van der Waals surface area contributed by atoms with E-state index < -0.39 is 18.8 Å². The molecule has 1 saturated heterocycles. The summed E-state index contributed by atoms with van der Waals surface area (Å²) in [6, 6.07) is -0.403. The first-order chi connectivity index (χ1) is 11.2. The minimum atomic E-state index is -4.33. The fourth-order valence-electron chi connectivity index (χ4n) is 3.81. The Morgan fingerprint density at radius 2 is 2.25 bits per heavy atom. The van der Waals surface area contributed by atoms with Crippen molar-refractivity contribution in [2.24, 2.45) is 11.3 Å². The molecule has 1 aromatic heterocycles. The normalized spacial score (nSPS) is 28.1. The number of rotatable bonds is 4. The van der Waals surface area contributed by atoms with Crippen LogP contribution in [0.15, 0.2) is 12.4 Å². The Labute approximate surface area is 137 Å². The molecule has 3 atom stereocenters. The topological polar surface area (TPSA) is 68.2 Å². The van der Waals surface area contributed by atoms with Gasteiger partial charge in [0.15, 0.2) is 0 Å². The van der Waals surface area contributed by atoms with Gasteiger partial charge < -0.3 is 19.9 Å². The molecule has 2 fully saturated rings. The van der Waals surface area contributed by atoms with Gasteiger partial charge in [-0.25, -0.2) is 9.78 Å². The van der Waals surface area contributed by atoms with Crippen molar-refractivity contribution in [2.45, 2.75) is 51.7 Å². The number of hydrogen-bond donors (Lipinski definition) is 2. The number of amides is 2. The molecular weight excluding hydrogens is 325 g/mol. The second kappa shape index (κ2) is 5.94. The zero-order valence-corrected chi connectivity index (χ0v) is 13.6. The van der Waals surface area contributed by atoms with Crippen LogP contribution in [0, 0.1) is 11.3 Å². The van der Waals surface area contributed by atoms with Crippen LogP contribution in [0.25, 0.3) is 0 Å². The SMILES string of the molecule is CC1(C)[C@H](NC(=O)NCc2nccn2CC(F)(F)F)[C@H]2CCO[C@H]21. The maximum atomic E-state index is 12.5. The van der Waals surface area contributed by atoms with Gasteiger partial charge in [0.25, 0.3) is 0 Å². The van der Waals surface area contributed by atoms with Crippen molar-refractivity contribution < 1.29 is 22.7 Å². The van der Waals surface area contributed by atoms with E-state index in [1.807, 2.05) is 13.8 Å². The van der Waals surface area contributed by atoms with Gasteiger partial charge in [0.2, 0.25) is 0 Å². The van der Waals surface area contributed by atoms with E-state index in [9.17, 15) is 18.0 Å². The Balaban J connectivity index is 1.53. The zero-order chi connectivity index (χ0) is 17.5. The van der Waals surface area contributed by atoms with Crippen LogP contribution in [0.2, 0.25) is 0 Å². The molecule has 0 aromatic carbocycles. The smallest absolute Gasteiger partial charge is 0.377 e. The van der Waals surface area contributed by atoms with Gasteiger partial charge in [-0.05, 0) is 6.42 Å². The van der Waals surface area contributed by atoms with Crippen molar-refractivity contribution >= 4 is 6.03 Å². The lowest BCUT2D eigenvalue weighted by Gasteiger charge is -2.54. The summed E-state index contributed by atoms with van der Waals surface area (Å²) in [5.74, 6) is 0.468. The van der Waals surface area contributed by atoms with Crippen LogP contribution in [-0.4, -0.2) is 40.5 Å². The first-order valence-electron chi connectivity index (χ1n) is 7.91. The first kappa shape index (κ1) is 17.1. The quantitative estimate of drug-likeness (QED) is 0.877. The highest BCUT2D eigenvalue weighted by atomic mass is 19.4. The second-order valence-electron chi connectivity index (χ2n) is 6.96. The lowest BCUT2D eigenvalue weighted by molar-refractivity contribution is -0.141. The standard InChI is InChI=1S/C15H21F3N4O2/c1-14(2)11(9-3-6-24-12(9)14)21-13(23)20-7-10-19-4-5-22(10)8-15(16,17)18/h4-5,9,11-12H,3,6-8H2,1-2H3,(H2,20,21,23)/t9-,11-,12-/m1/s1. The highest BCUT2D eigenvalue weighted by molar-refractivity contribution is 5.74. The van der Waals surface area contributed by atoms with E-state index in [4.69, 9.17) is 4.74 Å². The van der Waals surface area contributed by atoms with Crippen molar-refractivity contribution in [1.82, 2.24) is 20.2 Å². The van der Waals surface area contributed by atoms with Crippen LogP contribution < -0.4 is 10.6 Å². The van der Waals surface area contributed by atoms with Crippen molar-refractivity contribution in [1.29, 1.82) is 0 Å². The number of aromatic nitrogens is 2. The molecule has 2 N–H and O–H groups in total. The van der Waals surface area contributed by atoms with Gasteiger partial charge in [0.05, 0.1) is 12.6 Å². The van der Waals surface area contributed by atoms with Crippen LogP contribution in [0.3, 0.4) is 0 Å². The molecule has 0 bridgehead atoms. The Hall–Kier alpha value is -1.77. The molecule has 0 unspecified atom stereocenters. The van der Waals surface area contributed by atoms with E-state index in [0.717, 1.165) is 11.0 Å². The molecule has 0 radical (unpaired) electrons. The summed E-state index contributed by atoms with van der Waals surface area (Å²) in [6.45, 7) is 3.60. The van der Waals surface area contributed by atoms with Gasteiger partial charge in [-0.15, -0.1) is 0 Å². The summed E-state index contributed by atoms with van der Waals surface area (Å²) in [4.78, 5) is 16.0. The monoisotopic (exact) mass is 346 g/mol. The molecule has 2 aliphatic rings. The van der Waals surface area contributed by atoms with E-state index in [-0.39, 0.29) is 29.9 Å². The summed E-state index contributed by atoms with van der Waals surface area (Å²) in [5, 5.41) is 5.51. The van der Waals surface area contributed by atoms with Gasteiger partial charge in [0.1, 0.15) is 12.4 Å². The maximum absolute atomic E-state index is 12.5. The maximum Gasteiger partial charge on any atom is 0.406 e. The fourth-order valence-corrected chi connectivity index (χ4v) is 3.81. The third-order valence-electron chi connectivity index (χ3n) is 4.95. The minimum Gasteiger partial charge on any atom is -0.377 e. The average molecular weight is 346 g/mol. The van der Waals surface area contributed by atoms with Crippen molar-refractivity contribution in [3.63, 3.8) is 0 Å². The molecule has 1 aliphatic heterocycles. The van der Waals surface area contributed by atoms with Crippen LogP contribution >= 0.6 is 0 Å². The number of ether oxygens (including phenoxy) is 1.